The van der Waals surface area contributed by atoms with Crippen molar-refractivity contribution in [3.8, 4) is 0 Å². The molecule has 2 aromatic heterocycles. The van der Waals surface area contributed by atoms with Crippen molar-refractivity contribution in [1.82, 2.24) is 24.9 Å². The molecule has 0 saturated carbocycles. The van der Waals surface area contributed by atoms with Crippen molar-refractivity contribution in [2.24, 2.45) is 14.1 Å². The van der Waals surface area contributed by atoms with E-state index in [9.17, 15) is 4.79 Å². The average Bonchev–Trinajstić information content (AvgIpc) is 3.05. The van der Waals surface area contributed by atoms with Gasteiger partial charge in [0, 0.05) is 33.0 Å². The molecule has 0 spiro atoms. The number of carbonyl (C=O) groups excluding carboxylic acids is 1. The molecule has 0 bridgehead atoms. The van der Waals surface area contributed by atoms with Crippen molar-refractivity contribution < 1.29 is 9.53 Å². The highest BCUT2D eigenvalue weighted by atomic mass is 16.5. The minimum absolute atomic E-state index is 0.285. The van der Waals surface area contributed by atoms with Gasteiger partial charge in [-0.15, -0.1) is 0 Å². The van der Waals surface area contributed by atoms with Crippen LogP contribution in [0.3, 0.4) is 0 Å². The summed E-state index contributed by atoms with van der Waals surface area (Å²) in [5, 5.41) is 14.3. The van der Waals surface area contributed by atoms with Gasteiger partial charge < -0.3 is 10.1 Å². The van der Waals surface area contributed by atoms with E-state index < -0.39 is 0 Å². The number of aryl methyl sites for hydroxylation is 3. The Labute approximate surface area is 135 Å². The second-order valence-corrected chi connectivity index (χ2v) is 5.38. The number of carbonyl (C=O) groups is 1. The van der Waals surface area contributed by atoms with Gasteiger partial charge in [0.15, 0.2) is 0 Å². The number of nitrogens with one attached hydrogen (secondary N) is 2. The first-order chi connectivity index (χ1) is 11.0. The molecule has 23 heavy (non-hydrogen) atoms. The van der Waals surface area contributed by atoms with Crippen LogP contribution in [0.2, 0.25) is 0 Å². The molecule has 2 heterocycles. The van der Waals surface area contributed by atoms with E-state index in [-0.39, 0.29) is 12.1 Å². The second-order valence-electron chi connectivity index (χ2n) is 5.38. The lowest BCUT2D eigenvalue weighted by atomic mass is 10.2. The van der Waals surface area contributed by atoms with Gasteiger partial charge in [-0.1, -0.05) is 6.92 Å². The van der Waals surface area contributed by atoms with Crippen molar-refractivity contribution in [2.45, 2.75) is 26.3 Å². The van der Waals surface area contributed by atoms with E-state index in [1.54, 1.807) is 22.7 Å². The summed E-state index contributed by atoms with van der Waals surface area (Å²) in [7, 11) is 5.24. The summed E-state index contributed by atoms with van der Waals surface area (Å²) in [5.41, 5.74) is 2.83. The van der Waals surface area contributed by atoms with Gasteiger partial charge in [0.2, 0.25) is 0 Å². The van der Waals surface area contributed by atoms with E-state index in [0.717, 1.165) is 23.4 Å². The summed E-state index contributed by atoms with van der Waals surface area (Å²) >= 11 is 0. The van der Waals surface area contributed by atoms with Crippen LogP contribution in [0.15, 0.2) is 12.3 Å². The maximum atomic E-state index is 12.4. The number of ether oxygens (including phenoxy) is 1. The van der Waals surface area contributed by atoms with Crippen LogP contribution in [0.4, 0.5) is 10.6 Å². The monoisotopic (exact) mass is 320 g/mol. The van der Waals surface area contributed by atoms with Crippen molar-refractivity contribution in [1.29, 1.82) is 0 Å². The minimum atomic E-state index is -0.304. The zero-order chi connectivity index (χ0) is 17.0. The van der Waals surface area contributed by atoms with E-state index in [4.69, 9.17) is 4.74 Å². The summed E-state index contributed by atoms with van der Waals surface area (Å²) in [6, 6.07) is 1.27. The molecule has 0 aromatic carbocycles. The highest BCUT2D eigenvalue weighted by molar-refractivity contribution is 5.89. The molecule has 8 heteroatoms. The molecule has 2 rings (SSSR count). The van der Waals surface area contributed by atoms with Crippen LogP contribution in [-0.2, 0) is 25.3 Å². The molecule has 2 N–H and O–H groups in total. The second kappa shape index (κ2) is 7.28. The Hall–Kier alpha value is -2.35. The predicted octanol–water partition coefficient (Wildman–Crippen LogP) is 1.53. The number of rotatable bonds is 6. The third-order valence-electron chi connectivity index (χ3n) is 3.80. The Bertz CT molecular complexity index is 676. The molecule has 0 unspecified atom stereocenters. The largest absolute Gasteiger partial charge is 0.382 e. The zero-order valence-corrected chi connectivity index (χ0v) is 14.3. The number of hydrogen-bond acceptors (Lipinski definition) is 4. The number of anilines is 1. The molecular formula is C15H24N6O2. The minimum Gasteiger partial charge on any atom is -0.382 e. The molecule has 0 radical (unpaired) electrons. The third kappa shape index (κ3) is 3.70. The van der Waals surface area contributed by atoms with Crippen LogP contribution < -0.4 is 10.6 Å². The highest BCUT2D eigenvalue weighted by Crippen LogP contribution is 2.19. The Kier molecular flexibility index (Phi) is 5.38. The molecular weight excluding hydrogens is 296 g/mol. The van der Waals surface area contributed by atoms with Crippen LogP contribution in [0, 0.1) is 6.92 Å². The van der Waals surface area contributed by atoms with Crippen LogP contribution in [0.5, 0.6) is 0 Å². The summed E-state index contributed by atoms with van der Waals surface area (Å²) in [6.07, 6.45) is 2.51. The van der Waals surface area contributed by atoms with E-state index in [1.807, 2.05) is 34.0 Å². The lowest BCUT2D eigenvalue weighted by Crippen LogP contribution is -2.36. The van der Waals surface area contributed by atoms with Crippen molar-refractivity contribution in [3.05, 3.63) is 29.2 Å². The van der Waals surface area contributed by atoms with E-state index in [1.165, 1.54) is 0 Å². The predicted molar refractivity (Wildman–Crippen MR) is 87.3 cm³/mol. The first kappa shape index (κ1) is 17.0. The number of aromatic nitrogens is 4. The molecule has 8 nitrogen and oxygen atoms in total. The van der Waals surface area contributed by atoms with E-state index in [0.29, 0.717) is 12.4 Å². The molecule has 2 amide bonds. The quantitative estimate of drug-likeness (QED) is 0.845. The first-order valence-electron chi connectivity index (χ1n) is 7.54. The number of urea groups is 1. The number of amides is 2. The molecule has 0 aliphatic rings. The smallest absolute Gasteiger partial charge is 0.321 e. The molecule has 0 aliphatic carbocycles. The van der Waals surface area contributed by atoms with Crippen LogP contribution in [0.1, 0.15) is 29.9 Å². The normalized spacial score (nSPS) is 12.2. The van der Waals surface area contributed by atoms with Crippen molar-refractivity contribution in [3.63, 3.8) is 0 Å². The van der Waals surface area contributed by atoms with Gasteiger partial charge in [0.05, 0.1) is 24.0 Å². The standard InChI is InChI=1S/C15H24N6O2/c1-6-11-10(2)14(21(4)19-11)18-15(22)17-12(9-23-5)13-7-8-16-20(13)3/h7-8,12H,6,9H2,1-5H3,(H2,17,18,22)/t12-/m0/s1. The van der Waals surface area contributed by atoms with Gasteiger partial charge in [-0.3, -0.25) is 14.7 Å². The van der Waals surface area contributed by atoms with Gasteiger partial charge in [-0.05, 0) is 19.4 Å². The topological polar surface area (TPSA) is 86.0 Å². The molecule has 1 atom stereocenters. The molecule has 0 aliphatic heterocycles. The summed E-state index contributed by atoms with van der Waals surface area (Å²) in [6.45, 7) is 4.35. The fraction of sp³-hybridized carbons (Fsp3) is 0.533. The average molecular weight is 320 g/mol. The number of methoxy groups -OCH3 is 1. The SMILES string of the molecule is CCc1nn(C)c(NC(=O)N[C@@H](COC)c2ccnn2C)c1C. The maximum absolute atomic E-state index is 12.4. The zero-order valence-electron chi connectivity index (χ0n) is 14.3. The highest BCUT2D eigenvalue weighted by Gasteiger charge is 2.19. The number of nitrogens with zero attached hydrogens (tertiary/aromatic N) is 4. The van der Waals surface area contributed by atoms with Gasteiger partial charge in [-0.2, -0.15) is 10.2 Å². The first-order valence-corrected chi connectivity index (χ1v) is 7.54. The van der Waals surface area contributed by atoms with Gasteiger partial charge in [0.1, 0.15) is 5.82 Å². The van der Waals surface area contributed by atoms with Crippen molar-refractivity contribution >= 4 is 11.8 Å². The fourth-order valence-electron chi connectivity index (χ4n) is 2.59. The lowest BCUT2D eigenvalue weighted by Gasteiger charge is -2.19. The van der Waals surface area contributed by atoms with Crippen LogP contribution in [-0.4, -0.2) is 39.3 Å². The summed E-state index contributed by atoms with van der Waals surface area (Å²) in [5.74, 6) is 0.695. The fourth-order valence-corrected chi connectivity index (χ4v) is 2.59. The maximum Gasteiger partial charge on any atom is 0.321 e. The van der Waals surface area contributed by atoms with Gasteiger partial charge in [-0.25, -0.2) is 4.79 Å². The molecule has 126 valence electrons. The molecule has 2 aromatic rings. The van der Waals surface area contributed by atoms with Crippen LogP contribution in [0.25, 0.3) is 0 Å². The van der Waals surface area contributed by atoms with Gasteiger partial charge in [0.25, 0.3) is 0 Å². The summed E-state index contributed by atoms with van der Waals surface area (Å²) < 4.78 is 8.60. The van der Waals surface area contributed by atoms with E-state index in [2.05, 4.69) is 20.8 Å². The van der Waals surface area contributed by atoms with Crippen LogP contribution >= 0.6 is 0 Å². The van der Waals surface area contributed by atoms with E-state index >= 15 is 0 Å². The Morgan fingerprint density at radius 2 is 2.13 bits per heavy atom. The van der Waals surface area contributed by atoms with Gasteiger partial charge >= 0.3 is 6.03 Å². The summed E-state index contributed by atoms with van der Waals surface area (Å²) in [4.78, 5) is 12.4. The molecule has 0 saturated heterocycles. The Balaban J connectivity index is 2.11. The van der Waals surface area contributed by atoms with Crippen molar-refractivity contribution in [2.75, 3.05) is 19.0 Å². The number of hydrogen-bond donors (Lipinski definition) is 2. The third-order valence-corrected chi connectivity index (χ3v) is 3.80. The molecule has 0 fully saturated rings. The lowest BCUT2D eigenvalue weighted by molar-refractivity contribution is 0.165. The Morgan fingerprint density at radius 1 is 1.39 bits per heavy atom. The Morgan fingerprint density at radius 3 is 2.65 bits per heavy atom.